The highest BCUT2D eigenvalue weighted by molar-refractivity contribution is 9.26. The molecule has 0 aromatic rings. The number of nitrogens with zero attached hydrogens (tertiary/aromatic N) is 1. The van der Waals surface area contributed by atoms with E-state index in [-0.39, 0.29) is 11.3 Å². The van der Waals surface area contributed by atoms with E-state index in [0.717, 1.165) is 0 Å². The van der Waals surface area contributed by atoms with Gasteiger partial charge in [-0.3, -0.25) is 4.79 Å². The summed E-state index contributed by atoms with van der Waals surface area (Å²) < 4.78 is -1.25. The summed E-state index contributed by atoms with van der Waals surface area (Å²) in [7, 11) is 0. The van der Waals surface area contributed by atoms with E-state index in [0.29, 0.717) is 0 Å². The minimum absolute atomic E-state index is 0.152. The molecule has 2 heterocycles. The first kappa shape index (κ1) is 11.7. The summed E-state index contributed by atoms with van der Waals surface area (Å²) in [4.78, 5) is 24.3. The Bertz CT molecular complexity index is 358. The molecule has 7 heteroatoms. The van der Waals surface area contributed by atoms with Crippen molar-refractivity contribution in [3.63, 3.8) is 0 Å². The van der Waals surface area contributed by atoms with E-state index in [1.165, 1.54) is 16.7 Å². The number of fused-ring (bicyclic) bond motifs is 1. The number of rotatable bonds is 1. The number of hydrogen-bond acceptors (Lipinski definition) is 3. The molecular weight excluding hydrogens is 350 g/mol. The summed E-state index contributed by atoms with van der Waals surface area (Å²) in [5.41, 5.74) is 0. The zero-order valence-corrected chi connectivity index (χ0v) is 12.0. The average Bonchev–Trinajstić information content (AvgIpc) is 2.35. The number of carbonyl (C=O) groups excluding carboxylic acids is 1. The van der Waals surface area contributed by atoms with E-state index in [1.807, 2.05) is 13.8 Å². The van der Waals surface area contributed by atoms with Crippen LogP contribution >= 0.6 is 43.6 Å². The van der Waals surface area contributed by atoms with Crippen molar-refractivity contribution in [2.75, 3.05) is 0 Å². The summed E-state index contributed by atoms with van der Waals surface area (Å²) in [6, 6.07) is -0.747. The minimum atomic E-state index is -0.946. The predicted octanol–water partition coefficient (Wildman–Crippen LogP) is 1.62. The second kappa shape index (κ2) is 3.13. The maximum atomic E-state index is 11.7. The van der Waals surface area contributed by atoms with Crippen molar-refractivity contribution in [2.24, 2.45) is 0 Å². The van der Waals surface area contributed by atoms with Crippen LogP contribution in [0.4, 0.5) is 0 Å². The van der Waals surface area contributed by atoms with Gasteiger partial charge in [-0.05, 0) is 13.8 Å². The largest absolute Gasteiger partial charge is 0.480 e. The summed E-state index contributed by atoms with van der Waals surface area (Å²) >= 11 is 8.05. The first-order chi connectivity index (χ1) is 6.69. The van der Waals surface area contributed by atoms with E-state index in [1.54, 1.807) is 0 Å². The molecule has 0 aromatic carbocycles. The number of carbonyl (C=O) groups is 2. The van der Waals surface area contributed by atoms with Crippen LogP contribution in [-0.2, 0) is 9.59 Å². The third kappa shape index (κ3) is 1.39. The number of carboxylic acid groups (broad SMARTS) is 1. The molecule has 2 atom stereocenters. The third-order valence-electron chi connectivity index (χ3n) is 2.67. The minimum Gasteiger partial charge on any atom is -0.480 e. The molecule has 0 aliphatic carbocycles. The van der Waals surface area contributed by atoms with Crippen molar-refractivity contribution in [2.45, 2.75) is 33.2 Å². The highest BCUT2D eigenvalue weighted by Crippen LogP contribution is 2.60. The van der Waals surface area contributed by atoms with Crippen LogP contribution in [0.1, 0.15) is 13.8 Å². The number of β-lactam (4-membered cyclic amide) rings is 1. The number of alkyl halides is 2. The molecule has 0 spiro atoms. The molecule has 84 valence electrons. The lowest BCUT2D eigenvalue weighted by atomic mass is 9.98. The molecule has 0 saturated carbocycles. The van der Waals surface area contributed by atoms with E-state index in [9.17, 15) is 9.59 Å². The lowest BCUT2D eigenvalue weighted by Crippen LogP contribution is -2.68. The number of thioether (sulfide) groups is 1. The third-order valence-corrected chi connectivity index (χ3v) is 6.45. The van der Waals surface area contributed by atoms with Gasteiger partial charge >= 0.3 is 5.97 Å². The second-order valence-electron chi connectivity index (χ2n) is 4.15. The van der Waals surface area contributed by atoms with Gasteiger partial charge in [0, 0.05) is 4.75 Å². The lowest BCUT2D eigenvalue weighted by molar-refractivity contribution is -0.157. The van der Waals surface area contributed by atoms with Crippen LogP contribution in [0, 0.1) is 0 Å². The van der Waals surface area contributed by atoms with Gasteiger partial charge < -0.3 is 10.0 Å². The fraction of sp³-hybridized carbons (Fsp3) is 0.750. The van der Waals surface area contributed by atoms with Gasteiger partial charge in [0.15, 0.2) is 3.23 Å². The van der Waals surface area contributed by atoms with Crippen molar-refractivity contribution in [3.05, 3.63) is 0 Å². The Morgan fingerprint density at radius 3 is 2.53 bits per heavy atom. The number of hydrogen-bond donors (Lipinski definition) is 1. The molecule has 1 unspecified atom stereocenters. The van der Waals surface area contributed by atoms with Crippen molar-refractivity contribution < 1.29 is 14.7 Å². The Labute approximate surface area is 108 Å². The molecule has 4 nitrogen and oxygen atoms in total. The molecule has 2 fully saturated rings. The van der Waals surface area contributed by atoms with Crippen LogP contribution in [0.3, 0.4) is 0 Å². The van der Waals surface area contributed by atoms with Crippen LogP contribution in [-0.4, -0.2) is 41.3 Å². The smallest absolute Gasteiger partial charge is 0.327 e. The Balaban J connectivity index is 2.37. The molecule has 0 radical (unpaired) electrons. The van der Waals surface area contributed by atoms with Gasteiger partial charge in [0.25, 0.3) is 5.91 Å². The van der Waals surface area contributed by atoms with Crippen LogP contribution < -0.4 is 0 Å². The Hall–Kier alpha value is 0.250. The standard InChI is InChI=1S/C8H9Br2NO3S/c1-7(2)3(4(12)13)11-5(14)8(9,10)6(11)15-7/h3,6H,1-2H3,(H,12,13)/t3-,6?/m0/s1. The SMILES string of the molecule is CC1(C)SC2N(C(=O)C2(Br)Br)[C@H]1C(=O)O. The van der Waals surface area contributed by atoms with E-state index in [4.69, 9.17) is 5.11 Å². The topological polar surface area (TPSA) is 57.6 Å². The molecule has 1 N–H and O–H groups in total. The van der Waals surface area contributed by atoms with Gasteiger partial charge in [-0.2, -0.15) is 0 Å². The highest BCUT2D eigenvalue weighted by atomic mass is 79.9. The first-order valence-corrected chi connectivity index (χ1v) is 6.77. The zero-order valence-electron chi connectivity index (χ0n) is 8.03. The summed E-state index contributed by atoms with van der Waals surface area (Å²) in [5, 5.41) is 8.97. The molecular formula is C8H9Br2NO3S. The molecule has 2 aliphatic heterocycles. The van der Waals surface area contributed by atoms with Gasteiger partial charge in [-0.15, -0.1) is 11.8 Å². The number of aliphatic carboxylic acids is 1. The molecule has 15 heavy (non-hydrogen) atoms. The monoisotopic (exact) mass is 357 g/mol. The van der Waals surface area contributed by atoms with Gasteiger partial charge in [0.1, 0.15) is 11.4 Å². The fourth-order valence-electron chi connectivity index (χ4n) is 1.98. The number of carboxylic acids is 1. The summed E-state index contributed by atoms with van der Waals surface area (Å²) in [5.74, 6) is -1.16. The Morgan fingerprint density at radius 1 is 1.53 bits per heavy atom. The van der Waals surface area contributed by atoms with Crippen molar-refractivity contribution >= 4 is 55.5 Å². The molecule has 2 rings (SSSR count). The average molecular weight is 359 g/mol. The molecule has 0 bridgehead atoms. The van der Waals surface area contributed by atoms with E-state index >= 15 is 0 Å². The van der Waals surface area contributed by atoms with Gasteiger partial charge in [0.05, 0.1) is 0 Å². The van der Waals surface area contributed by atoms with Crippen LogP contribution in [0.25, 0.3) is 0 Å². The van der Waals surface area contributed by atoms with Crippen molar-refractivity contribution in [1.29, 1.82) is 0 Å². The highest BCUT2D eigenvalue weighted by Gasteiger charge is 2.69. The summed E-state index contributed by atoms with van der Waals surface area (Å²) in [6.07, 6.45) is 0. The molecule has 2 aliphatic rings. The maximum absolute atomic E-state index is 11.7. The predicted molar refractivity (Wildman–Crippen MR) is 64.3 cm³/mol. The van der Waals surface area contributed by atoms with Crippen LogP contribution in [0.15, 0.2) is 0 Å². The Morgan fingerprint density at radius 2 is 2.07 bits per heavy atom. The maximum Gasteiger partial charge on any atom is 0.327 e. The van der Waals surface area contributed by atoms with Crippen LogP contribution in [0.5, 0.6) is 0 Å². The second-order valence-corrected chi connectivity index (χ2v) is 9.45. The molecule has 2 saturated heterocycles. The quantitative estimate of drug-likeness (QED) is 0.571. The van der Waals surface area contributed by atoms with E-state index in [2.05, 4.69) is 31.9 Å². The Kier molecular flexibility index (Phi) is 2.45. The first-order valence-electron chi connectivity index (χ1n) is 4.31. The van der Waals surface area contributed by atoms with Gasteiger partial charge in [-0.1, -0.05) is 31.9 Å². The van der Waals surface area contributed by atoms with Gasteiger partial charge in [0.2, 0.25) is 0 Å². The summed E-state index contributed by atoms with van der Waals surface area (Å²) in [6.45, 7) is 3.69. The van der Waals surface area contributed by atoms with Gasteiger partial charge in [-0.25, -0.2) is 4.79 Å². The van der Waals surface area contributed by atoms with Crippen molar-refractivity contribution in [1.82, 2.24) is 4.90 Å². The van der Waals surface area contributed by atoms with E-state index < -0.39 is 20.0 Å². The molecule has 0 aromatic heterocycles. The lowest BCUT2D eigenvalue weighted by Gasteiger charge is -2.46. The van der Waals surface area contributed by atoms with Crippen molar-refractivity contribution in [3.8, 4) is 0 Å². The number of halogens is 2. The molecule has 1 amide bonds. The number of amides is 1. The van der Waals surface area contributed by atoms with Crippen LogP contribution in [0.2, 0.25) is 0 Å². The zero-order chi connectivity index (χ0) is 11.6. The normalized spacial score (nSPS) is 36.0. The fourth-order valence-corrected chi connectivity index (χ4v) is 4.89.